The lowest BCUT2D eigenvalue weighted by Gasteiger charge is -2.61. The number of rotatable bonds is 3. The molecule has 4 saturated carbocycles. The van der Waals surface area contributed by atoms with Crippen molar-refractivity contribution in [1.82, 2.24) is 0 Å². The van der Waals surface area contributed by atoms with Gasteiger partial charge in [0.05, 0.1) is 11.6 Å². The average Bonchev–Trinajstić information content (AvgIpc) is 2.77. The zero-order valence-corrected chi connectivity index (χ0v) is 19.9. The van der Waals surface area contributed by atoms with Crippen molar-refractivity contribution in [2.45, 2.75) is 91.0 Å². The molecular formula is C29H42N2. The molecule has 0 heterocycles. The van der Waals surface area contributed by atoms with Crippen LogP contribution in [-0.4, -0.2) is 6.04 Å². The van der Waals surface area contributed by atoms with Crippen LogP contribution >= 0.6 is 0 Å². The highest BCUT2D eigenvalue weighted by Crippen LogP contribution is 2.63. The van der Waals surface area contributed by atoms with Gasteiger partial charge in [-0.2, -0.15) is 5.26 Å². The van der Waals surface area contributed by atoms with Crippen LogP contribution in [0.4, 0.5) is 5.69 Å². The summed E-state index contributed by atoms with van der Waals surface area (Å²) in [4.78, 5) is 0. The first-order chi connectivity index (χ1) is 15.0. The quantitative estimate of drug-likeness (QED) is 0.547. The van der Waals surface area contributed by atoms with Gasteiger partial charge in [0.15, 0.2) is 0 Å². The molecule has 0 aliphatic heterocycles. The van der Waals surface area contributed by atoms with Crippen LogP contribution in [0.3, 0.4) is 0 Å². The van der Waals surface area contributed by atoms with Gasteiger partial charge in [0.2, 0.25) is 0 Å². The first kappa shape index (κ1) is 21.4. The summed E-state index contributed by atoms with van der Waals surface area (Å²) in [6.45, 7) is 7.56. The molecule has 2 heteroatoms. The van der Waals surface area contributed by atoms with Gasteiger partial charge in [0.1, 0.15) is 0 Å². The normalized spacial score (nSPS) is 43.0. The molecular weight excluding hydrogens is 376 g/mol. The SMILES string of the molecule is C[C@H]1CC[C@H]2C(CC[C@@H]3C2CC[C@@]2(C)C3CCC[C@@H]2[C@H](C)Nc2cccc(C#N)c2)C1. The predicted molar refractivity (Wildman–Crippen MR) is 129 cm³/mol. The Morgan fingerprint density at radius 2 is 1.87 bits per heavy atom. The number of nitrogens with zero attached hydrogens (tertiary/aromatic N) is 1. The molecule has 3 unspecified atom stereocenters. The van der Waals surface area contributed by atoms with Crippen LogP contribution in [0, 0.1) is 58.2 Å². The fraction of sp³-hybridized carbons (Fsp3) is 0.759. The van der Waals surface area contributed by atoms with E-state index in [4.69, 9.17) is 0 Å². The van der Waals surface area contributed by atoms with E-state index in [1.54, 1.807) is 0 Å². The third kappa shape index (κ3) is 3.81. The largest absolute Gasteiger partial charge is 0.382 e. The maximum absolute atomic E-state index is 9.27. The van der Waals surface area contributed by atoms with E-state index in [-0.39, 0.29) is 0 Å². The lowest BCUT2D eigenvalue weighted by atomic mass is 9.44. The Hall–Kier alpha value is -1.49. The second-order valence-corrected chi connectivity index (χ2v) is 12.1. The van der Waals surface area contributed by atoms with E-state index >= 15 is 0 Å². The highest BCUT2D eigenvalue weighted by atomic mass is 14.9. The van der Waals surface area contributed by atoms with Gasteiger partial charge in [-0.25, -0.2) is 0 Å². The van der Waals surface area contributed by atoms with Crippen LogP contribution < -0.4 is 5.32 Å². The Labute approximate surface area is 190 Å². The number of hydrogen-bond donors (Lipinski definition) is 1. The molecule has 2 nitrogen and oxygen atoms in total. The standard InChI is InChI=1S/C29H42N2/c1-19-10-12-24-22(16-19)11-13-26-25(24)14-15-29(3)27(8-5-9-28(26)29)20(2)31-23-7-4-6-21(17-23)18-30/h4,6-7,17,19-20,22,24-28,31H,5,8-16H2,1-3H3/t19-,20-,22?,24-,25?,26+,27+,28?,29+/m0/s1. The average molecular weight is 419 g/mol. The van der Waals surface area contributed by atoms with Crippen molar-refractivity contribution in [2.24, 2.45) is 46.8 Å². The van der Waals surface area contributed by atoms with Crippen LogP contribution in [0.25, 0.3) is 0 Å². The number of benzene rings is 1. The number of fused-ring (bicyclic) bond motifs is 5. The summed E-state index contributed by atoms with van der Waals surface area (Å²) in [7, 11) is 0. The minimum absolute atomic E-state index is 0.463. The Bertz CT molecular complexity index is 824. The Kier molecular flexibility index (Phi) is 5.83. The monoisotopic (exact) mass is 418 g/mol. The van der Waals surface area contributed by atoms with Crippen LogP contribution in [0.15, 0.2) is 24.3 Å². The third-order valence-electron chi connectivity index (χ3n) is 10.5. The van der Waals surface area contributed by atoms with Crippen molar-refractivity contribution in [3.8, 4) is 6.07 Å². The van der Waals surface area contributed by atoms with E-state index in [1.807, 2.05) is 18.2 Å². The minimum atomic E-state index is 0.463. The smallest absolute Gasteiger partial charge is 0.0992 e. The maximum Gasteiger partial charge on any atom is 0.0992 e. The lowest BCUT2D eigenvalue weighted by molar-refractivity contribution is -0.112. The van der Waals surface area contributed by atoms with Crippen molar-refractivity contribution in [3.63, 3.8) is 0 Å². The van der Waals surface area contributed by atoms with Crippen LogP contribution in [0.1, 0.15) is 90.5 Å². The molecule has 4 aliphatic carbocycles. The van der Waals surface area contributed by atoms with E-state index in [0.29, 0.717) is 11.5 Å². The molecule has 168 valence electrons. The summed E-state index contributed by atoms with van der Waals surface area (Å²) in [6.07, 6.45) is 14.7. The zero-order valence-electron chi connectivity index (χ0n) is 19.9. The number of anilines is 1. The fourth-order valence-electron chi connectivity index (χ4n) is 9.19. The summed E-state index contributed by atoms with van der Waals surface area (Å²) < 4.78 is 0. The zero-order chi connectivity index (χ0) is 21.6. The molecule has 0 radical (unpaired) electrons. The molecule has 1 aromatic carbocycles. The van der Waals surface area contributed by atoms with Gasteiger partial charge in [-0.15, -0.1) is 0 Å². The van der Waals surface area contributed by atoms with Crippen molar-refractivity contribution >= 4 is 5.69 Å². The van der Waals surface area contributed by atoms with Crippen LogP contribution in [0.2, 0.25) is 0 Å². The molecule has 0 bridgehead atoms. The fourth-order valence-corrected chi connectivity index (χ4v) is 9.19. The lowest BCUT2D eigenvalue weighted by Crippen LogP contribution is -2.55. The summed E-state index contributed by atoms with van der Waals surface area (Å²) in [6, 6.07) is 10.8. The molecule has 0 aromatic heterocycles. The molecule has 1 aromatic rings. The van der Waals surface area contributed by atoms with E-state index < -0.39 is 0 Å². The van der Waals surface area contributed by atoms with Crippen molar-refractivity contribution in [2.75, 3.05) is 5.32 Å². The van der Waals surface area contributed by atoms with Gasteiger partial charge in [-0.1, -0.05) is 32.8 Å². The van der Waals surface area contributed by atoms with Crippen molar-refractivity contribution < 1.29 is 0 Å². The summed E-state index contributed by atoms with van der Waals surface area (Å²) >= 11 is 0. The molecule has 31 heavy (non-hydrogen) atoms. The molecule has 4 aliphatic rings. The van der Waals surface area contributed by atoms with Gasteiger partial charge < -0.3 is 5.32 Å². The second kappa shape index (κ2) is 8.46. The molecule has 0 amide bonds. The summed E-state index contributed by atoms with van der Waals surface area (Å²) in [5, 5.41) is 13.1. The third-order valence-corrected chi connectivity index (χ3v) is 10.5. The highest BCUT2D eigenvalue weighted by Gasteiger charge is 2.56. The first-order valence-corrected chi connectivity index (χ1v) is 13.3. The van der Waals surface area contributed by atoms with Gasteiger partial charge in [-0.3, -0.25) is 0 Å². The van der Waals surface area contributed by atoms with Gasteiger partial charge >= 0.3 is 0 Å². The molecule has 5 rings (SSSR count). The number of hydrogen-bond acceptors (Lipinski definition) is 2. The number of nitrogens with one attached hydrogen (secondary N) is 1. The highest BCUT2D eigenvalue weighted by molar-refractivity contribution is 5.49. The van der Waals surface area contributed by atoms with E-state index in [0.717, 1.165) is 52.7 Å². The molecule has 9 atom stereocenters. The Morgan fingerprint density at radius 1 is 1.03 bits per heavy atom. The summed E-state index contributed by atoms with van der Waals surface area (Å²) in [5.74, 6) is 6.74. The molecule has 1 N–H and O–H groups in total. The van der Waals surface area contributed by atoms with Crippen molar-refractivity contribution in [3.05, 3.63) is 29.8 Å². The Balaban J connectivity index is 1.33. The van der Waals surface area contributed by atoms with Crippen molar-refractivity contribution in [1.29, 1.82) is 5.26 Å². The van der Waals surface area contributed by atoms with Gasteiger partial charge in [-0.05, 0) is 123 Å². The van der Waals surface area contributed by atoms with Crippen LogP contribution in [-0.2, 0) is 0 Å². The second-order valence-electron chi connectivity index (χ2n) is 12.1. The summed E-state index contributed by atoms with van der Waals surface area (Å²) in [5.41, 5.74) is 2.35. The molecule has 4 fully saturated rings. The predicted octanol–water partition coefficient (Wildman–Crippen LogP) is 7.65. The van der Waals surface area contributed by atoms with E-state index in [9.17, 15) is 5.26 Å². The molecule has 0 saturated heterocycles. The Morgan fingerprint density at radius 3 is 2.71 bits per heavy atom. The van der Waals surface area contributed by atoms with Gasteiger partial charge in [0.25, 0.3) is 0 Å². The topological polar surface area (TPSA) is 35.8 Å². The number of nitriles is 1. The maximum atomic E-state index is 9.27. The van der Waals surface area contributed by atoms with E-state index in [1.165, 1.54) is 64.2 Å². The van der Waals surface area contributed by atoms with Crippen LogP contribution in [0.5, 0.6) is 0 Å². The minimum Gasteiger partial charge on any atom is -0.382 e. The first-order valence-electron chi connectivity index (χ1n) is 13.3. The van der Waals surface area contributed by atoms with Gasteiger partial charge in [0, 0.05) is 11.7 Å². The molecule has 0 spiro atoms. The van der Waals surface area contributed by atoms with E-state index in [2.05, 4.69) is 38.2 Å².